The Morgan fingerprint density at radius 2 is 1.61 bits per heavy atom. The Balaban J connectivity index is 1.45. The fourth-order valence-corrected chi connectivity index (χ4v) is 3.26. The summed E-state index contributed by atoms with van der Waals surface area (Å²) in [5.74, 6) is 1.78. The van der Waals surface area contributed by atoms with E-state index >= 15 is 0 Å². The van der Waals surface area contributed by atoms with Crippen LogP contribution in [0.15, 0.2) is 78.9 Å². The number of rotatable bonds is 10. The van der Waals surface area contributed by atoms with Gasteiger partial charge in [0.2, 0.25) is 0 Å². The number of thiocarbonyl (C=S) groups is 1. The molecule has 0 aliphatic heterocycles. The van der Waals surface area contributed by atoms with Gasteiger partial charge in [0.25, 0.3) is 5.91 Å². The van der Waals surface area contributed by atoms with Crippen LogP contribution in [-0.4, -0.2) is 24.2 Å². The predicted molar refractivity (Wildman–Crippen MR) is 137 cm³/mol. The van der Waals surface area contributed by atoms with Crippen LogP contribution in [0.2, 0.25) is 0 Å². The number of nitrogens with one attached hydrogen (secondary N) is 2. The molecule has 0 atom stereocenters. The third-order valence-corrected chi connectivity index (χ3v) is 5.11. The van der Waals surface area contributed by atoms with Gasteiger partial charge in [0.05, 0.1) is 13.2 Å². The second kappa shape index (κ2) is 12.6. The summed E-state index contributed by atoms with van der Waals surface area (Å²) in [5.41, 5.74) is 2.48. The molecule has 3 rings (SSSR count). The van der Waals surface area contributed by atoms with Crippen molar-refractivity contribution in [2.45, 2.75) is 26.7 Å². The van der Waals surface area contributed by atoms with Crippen molar-refractivity contribution in [2.24, 2.45) is 5.92 Å². The third kappa shape index (κ3) is 8.58. The number of carbonyl (C=O) groups is 1. The monoisotopic (exact) mass is 462 g/mol. The van der Waals surface area contributed by atoms with E-state index in [1.54, 1.807) is 24.3 Å². The first-order chi connectivity index (χ1) is 16.0. The lowest BCUT2D eigenvalue weighted by atomic mass is 10.1. The molecule has 5 nitrogen and oxygen atoms in total. The fourth-order valence-electron chi connectivity index (χ4n) is 3.05. The average Bonchev–Trinajstić information content (AvgIpc) is 2.80. The minimum atomic E-state index is -0.285. The van der Waals surface area contributed by atoms with E-state index < -0.39 is 0 Å². The van der Waals surface area contributed by atoms with Gasteiger partial charge >= 0.3 is 0 Å². The molecule has 0 heterocycles. The highest BCUT2D eigenvalue weighted by Gasteiger charge is 2.09. The standard InChI is InChI=1S/C27H30N2O3S/c1-20(2)15-17-32-25-10-6-9-23(19-25)28-27(33)29-26(30)22-11-13-24(14-12-22)31-18-16-21-7-4-3-5-8-21/h3-14,19-20H,15-18H2,1-2H3,(H2,28,29,30,33). The Kier molecular flexibility index (Phi) is 9.27. The molecule has 0 fully saturated rings. The van der Waals surface area contributed by atoms with Gasteiger partial charge in [-0.25, -0.2) is 0 Å². The Morgan fingerprint density at radius 3 is 2.33 bits per heavy atom. The first-order valence-corrected chi connectivity index (χ1v) is 11.5. The molecule has 3 aromatic rings. The van der Waals surface area contributed by atoms with Gasteiger partial charge < -0.3 is 14.8 Å². The van der Waals surface area contributed by atoms with Crippen molar-refractivity contribution in [1.82, 2.24) is 5.32 Å². The predicted octanol–water partition coefficient (Wildman–Crippen LogP) is 5.86. The van der Waals surface area contributed by atoms with Gasteiger partial charge in [-0.3, -0.25) is 10.1 Å². The largest absolute Gasteiger partial charge is 0.494 e. The van der Waals surface area contributed by atoms with Crippen molar-refractivity contribution in [3.05, 3.63) is 90.0 Å². The fraction of sp³-hybridized carbons (Fsp3) is 0.259. The SMILES string of the molecule is CC(C)CCOc1cccc(NC(=S)NC(=O)c2ccc(OCCc3ccccc3)cc2)c1. The van der Waals surface area contributed by atoms with Crippen LogP contribution in [0.4, 0.5) is 5.69 Å². The zero-order valence-corrected chi connectivity index (χ0v) is 19.9. The van der Waals surface area contributed by atoms with E-state index in [0.29, 0.717) is 24.7 Å². The Morgan fingerprint density at radius 1 is 0.879 bits per heavy atom. The summed E-state index contributed by atoms with van der Waals surface area (Å²) < 4.78 is 11.5. The van der Waals surface area contributed by atoms with Crippen molar-refractivity contribution >= 4 is 28.9 Å². The number of amides is 1. The molecule has 0 saturated carbocycles. The van der Waals surface area contributed by atoms with Crippen LogP contribution in [0.25, 0.3) is 0 Å². The van der Waals surface area contributed by atoms with Gasteiger partial charge in [0.15, 0.2) is 5.11 Å². The summed E-state index contributed by atoms with van der Waals surface area (Å²) in [6.45, 7) is 5.56. The van der Waals surface area contributed by atoms with Crippen LogP contribution in [0.3, 0.4) is 0 Å². The van der Waals surface area contributed by atoms with Gasteiger partial charge in [-0.05, 0) is 66.5 Å². The topological polar surface area (TPSA) is 59.6 Å². The second-order valence-electron chi connectivity index (χ2n) is 8.08. The lowest BCUT2D eigenvalue weighted by Crippen LogP contribution is -2.34. The quantitative estimate of drug-likeness (QED) is 0.370. The maximum atomic E-state index is 12.5. The Labute approximate surface area is 201 Å². The zero-order chi connectivity index (χ0) is 23.5. The van der Waals surface area contributed by atoms with E-state index in [1.807, 2.05) is 42.5 Å². The van der Waals surface area contributed by atoms with Gasteiger partial charge in [-0.1, -0.05) is 50.2 Å². The van der Waals surface area contributed by atoms with Crippen molar-refractivity contribution in [3.63, 3.8) is 0 Å². The first kappa shape index (κ1) is 24.3. The Hall–Kier alpha value is -3.38. The minimum absolute atomic E-state index is 0.225. The summed E-state index contributed by atoms with van der Waals surface area (Å²) in [7, 11) is 0. The van der Waals surface area contributed by atoms with Gasteiger partial charge in [0.1, 0.15) is 11.5 Å². The lowest BCUT2D eigenvalue weighted by Gasteiger charge is -2.12. The second-order valence-corrected chi connectivity index (χ2v) is 8.48. The number of benzene rings is 3. The zero-order valence-electron chi connectivity index (χ0n) is 19.0. The first-order valence-electron chi connectivity index (χ1n) is 11.1. The number of hydrogen-bond donors (Lipinski definition) is 2. The lowest BCUT2D eigenvalue weighted by molar-refractivity contribution is 0.0977. The third-order valence-electron chi connectivity index (χ3n) is 4.90. The van der Waals surface area contributed by atoms with Crippen LogP contribution < -0.4 is 20.1 Å². The normalized spacial score (nSPS) is 10.5. The molecule has 0 bridgehead atoms. The van der Waals surface area contributed by atoms with E-state index in [0.717, 1.165) is 30.0 Å². The molecule has 1 amide bonds. The summed E-state index contributed by atoms with van der Waals surface area (Å²) in [6.07, 6.45) is 1.82. The number of hydrogen-bond acceptors (Lipinski definition) is 4. The molecule has 0 unspecified atom stereocenters. The molecule has 0 aromatic heterocycles. The minimum Gasteiger partial charge on any atom is -0.494 e. The van der Waals surface area contributed by atoms with Gasteiger partial charge in [-0.15, -0.1) is 0 Å². The van der Waals surface area contributed by atoms with Crippen molar-refractivity contribution in [1.29, 1.82) is 0 Å². The van der Waals surface area contributed by atoms with E-state index in [2.05, 4.69) is 36.6 Å². The van der Waals surface area contributed by atoms with Gasteiger partial charge in [0, 0.05) is 23.7 Å². The van der Waals surface area contributed by atoms with E-state index in [-0.39, 0.29) is 11.0 Å². The van der Waals surface area contributed by atoms with Crippen LogP contribution >= 0.6 is 12.2 Å². The molecule has 2 N–H and O–H groups in total. The van der Waals surface area contributed by atoms with Crippen molar-refractivity contribution in [2.75, 3.05) is 18.5 Å². The number of ether oxygens (including phenoxy) is 2. The molecule has 0 spiro atoms. The maximum absolute atomic E-state index is 12.5. The van der Waals surface area contributed by atoms with E-state index in [4.69, 9.17) is 21.7 Å². The number of anilines is 1. The van der Waals surface area contributed by atoms with Crippen LogP contribution in [0.1, 0.15) is 36.2 Å². The molecular formula is C27H30N2O3S. The summed E-state index contributed by atoms with van der Waals surface area (Å²) in [6, 6.07) is 24.7. The highest BCUT2D eigenvalue weighted by atomic mass is 32.1. The molecule has 3 aromatic carbocycles. The molecule has 172 valence electrons. The molecule has 0 saturated heterocycles. The highest BCUT2D eigenvalue weighted by molar-refractivity contribution is 7.80. The van der Waals surface area contributed by atoms with Crippen LogP contribution in [-0.2, 0) is 6.42 Å². The average molecular weight is 463 g/mol. The van der Waals surface area contributed by atoms with Crippen molar-refractivity contribution < 1.29 is 14.3 Å². The van der Waals surface area contributed by atoms with Gasteiger partial charge in [-0.2, -0.15) is 0 Å². The highest BCUT2D eigenvalue weighted by Crippen LogP contribution is 2.18. The van der Waals surface area contributed by atoms with Crippen LogP contribution in [0.5, 0.6) is 11.5 Å². The molecular weight excluding hydrogens is 432 g/mol. The van der Waals surface area contributed by atoms with E-state index in [1.165, 1.54) is 5.56 Å². The van der Waals surface area contributed by atoms with Crippen molar-refractivity contribution in [3.8, 4) is 11.5 Å². The van der Waals surface area contributed by atoms with Crippen LogP contribution in [0, 0.1) is 5.92 Å². The molecule has 0 aliphatic carbocycles. The molecule has 0 aliphatic rings. The maximum Gasteiger partial charge on any atom is 0.257 e. The summed E-state index contributed by atoms with van der Waals surface area (Å²) in [5, 5.41) is 5.96. The van der Waals surface area contributed by atoms with E-state index in [9.17, 15) is 4.79 Å². The summed E-state index contributed by atoms with van der Waals surface area (Å²) >= 11 is 5.30. The molecule has 33 heavy (non-hydrogen) atoms. The molecule has 0 radical (unpaired) electrons. The Bertz CT molecular complexity index is 1040. The molecule has 6 heteroatoms. The summed E-state index contributed by atoms with van der Waals surface area (Å²) in [4.78, 5) is 12.5. The number of carbonyl (C=O) groups excluding carboxylic acids is 1. The smallest absolute Gasteiger partial charge is 0.257 e.